The van der Waals surface area contributed by atoms with Crippen molar-refractivity contribution >= 4 is 17.8 Å². The number of unbranched alkanes of at least 4 members (excludes halogenated alkanes) is 12. The Kier molecular flexibility index (Phi) is 33.7. The average Bonchev–Trinajstić information content (AvgIpc) is 3.07. The number of hydrogen-bond donors (Lipinski definition) is 3. The van der Waals surface area contributed by atoms with E-state index in [1.807, 2.05) is 0 Å². The van der Waals surface area contributed by atoms with Gasteiger partial charge >= 0.3 is 11.9 Å². The van der Waals surface area contributed by atoms with Crippen LogP contribution in [0.1, 0.15) is 174 Å². The maximum Gasteiger partial charge on any atom is 0.326 e. The highest BCUT2D eigenvalue weighted by atomic mass is 16.5. The molecule has 0 saturated heterocycles. The molecular formula is C41H72N2O5. The van der Waals surface area contributed by atoms with Gasteiger partial charge in [-0.2, -0.15) is 0 Å². The molecule has 4 N–H and O–H groups in total. The Hall–Kier alpha value is -2.67. The number of amides is 1. The summed E-state index contributed by atoms with van der Waals surface area (Å²) in [5.74, 6) is -1.27. The first-order chi connectivity index (χ1) is 23.4. The average molecular weight is 673 g/mol. The normalized spacial score (nSPS) is 13.2. The molecule has 48 heavy (non-hydrogen) atoms. The number of hydrogen-bond acceptors (Lipinski definition) is 5. The van der Waals surface area contributed by atoms with Crippen molar-refractivity contribution in [1.29, 1.82) is 0 Å². The third-order valence-corrected chi connectivity index (χ3v) is 8.41. The Bertz CT molecular complexity index is 895. The highest BCUT2D eigenvalue weighted by Gasteiger charge is 2.19. The molecule has 0 spiro atoms. The lowest BCUT2D eigenvalue weighted by atomic mass is 10.0. The third-order valence-electron chi connectivity index (χ3n) is 8.41. The fourth-order valence-corrected chi connectivity index (χ4v) is 5.50. The summed E-state index contributed by atoms with van der Waals surface area (Å²) in [6, 6.07) is -0.861. The third kappa shape index (κ3) is 31.9. The van der Waals surface area contributed by atoms with Crippen LogP contribution < -0.4 is 11.1 Å². The van der Waals surface area contributed by atoms with E-state index in [2.05, 4.69) is 67.8 Å². The van der Waals surface area contributed by atoms with Crippen LogP contribution in [0, 0.1) is 0 Å². The van der Waals surface area contributed by atoms with Gasteiger partial charge in [-0.3, -0.25) is 9.59 Å². The van der Waals surface area contributed by atoms with Crippen molar-refractivity contribution < 1.29 is 24.2 Å². The number of ether oxygens (including phenoxy) is 1. The largest absolute Gasteiger partial charge is 0.480 e. The van der Waals surface area contributed by atoms with E-state index in [4.69, 9.17) is 10.5 Å². The number of carboxylic acid groups (broad SMARTS) is 1. The lowest BCUT2D eigenvalue weighted by Crippen LogP contribution is -2.40. The van der Waals surface area contributed by atoms with Gasteiger partial charge in [0.2, 0.25) is 5.91 Å². The minimum Gasteiger partial charge on any atom is -0.480 e. The van der Waals surface area contributed by atoms with Crippen molar-refractivity contribution in [2.24, 2.45) is 5.73 Å². The maximum atomic E-state index is 12.6. The highest BCUT2D eigenvalue weighted by molar-refractivity contribution is 5.83. The second-order valence-corrected chi connectivity index (χ2v) is 13.0. The Balaban J connectivity index is 4.40. The number of allylic oxidation sites excluding steroid dienone is 8. The Morgan fingerprint density at radius 1 is 0.625 bits per heavy atom. The van der Waals surface area contributed by atoms with Gasteiger partial charge in [0.25, 0.3) is 0 Å². The second kappa shape index (κ2) is 35.6. The van der Waals surface area contributed by atoms with Crippen molar-refractivity contribution in [2.75, 3.05) is 6.54 Å². The molecule has 0 rings (SSSR count). The van der Waals surface area contributed by atoms with Gasteiger partial charge in [0.05, 0.1) is 0 Å². The molecule has 0 aliphatic carbocycles. The maximum absolute atomic E-state index is 12.6. The number of carbonyl (C=O) groups is 3. The Morgan fingerprint density at radius 3 is 1.73 bits per heavy atom. The van der Waals surface area contributed by atoms with Crippen LogP contribution >= 0.6 is 0 Å². The summed E-state index contributed by atoms with van der Waals surface area (Å²) in [4.78, 5) is 36.1. The molecule has 0 aromatic rings. The monoisotopic (exact) mass is 673 g/mol. The summed E-state index contributed by atoms with van der Waals surface area (Å²) >= 11 is 0. The van der Waals surface area contributed by atoms with Crippen LogP contribution in [0.2, 0.25) is 0 Å². The van der Waals surface area contributed by atoms with Crippen LogP contribution in [-0.4, -0.2) is 41.6 Å². The number of nitrogens with two attached hydrogens (primary N) is 1. The molecule has 0 saturated carbocycles. The molecular weight excluding hydrogens is 600 g/mol. The molecule has 7 heteroatoms. The van der Waals surface area contributed by atoms with Crippen LogP contribution in [0.4, 0.5) is 0 Å². The van der Waals surface area contributed by atoms with Crippen molar-refractivity contribution in [2.45, 2.75) is 187 Å². The van der Waals surface area contributed by atoms with Crippen LogP contribution in [-0.2, 0) is 19.1 Å². The van der Waals surface area contributed by atoms with E-state index in [1.165, 1.54) is 32.1 Å². The highest BCUT2D eigenvalue weighted by Crippen LogP contribution is 2.18. The number of aliphatic carboxylic acids is 1. The summed E-state index contributed by atoms with van der Waals surface area (Å²) in [6.07, 6.45) is 41.5. The predicted molar refractivity (Wildman–Crippen MR) is 202 cm³/mol. The van der Waals surface area contributed by atoms with Crippen molar-refractivity contribution in [3.8, 4) is 0 Å². The first-order valence-corrected chi connectivity index (χ1v) is 19.5. The molecule has 0 radical (unpaired) electrons. The number of esters is 1. The lowest BCUT2D eigenvalue weighted by molar-refractivity contribution is -0.150. The topological polar surface area (TPSA) is 119 Å². The summed E-state index contributed by atoms with van der Waals surface area (Å²) in [7, 11) is 0. The smallest absolute Gasteiger partial charge is 0.326 e. The summed E-state index contributed by atoms with van der Waals surface area (Å²) in [6.45, 7) is 4.79. The summed E-state index contributed by atoms with van der Waals surface area (Å²) < 4.78 is 5.97. The van der Waals surface area contributed by atoms with Gasteiger partial charge in [0.1, 0.15) is 12.1 Å². The molecule has 0 aromatic carbocycles. The van der Waals surface area contributed by atoms with Gasteiger partial charge in [-0.25, -0.2) is 4.79 Å². The van der Waals surface area contributed by atoms with E-state index in [1.54, 1.807) is 0 Å². The number of carbonyl (C=O) groups excluding carboxylic acids is 2. The van der Waals surface area contributed by atoms with E-state index in [0.717, 1.165) is 103 Å². The minimum absolute atomic E-state index is 0.0215. The lowest BCUT2D eigenvalue weighted by Gasteiger charge is -2.18. The van der Waals surface area contributed by atoms with Gasteiger partial charge in [-0.05, 0) is 96.4 Å². The molecule has 0 heterocycles. The van der Waals surface area contributed by atoms with Crippen molar-refractivity contribution in [1.82, 2.24) is 5.32 Å². The van der Waals surface area contributed by atoms with Crippen molar-refractivity contribution in [3.63, 3.8) is 0 Å². The molecule has 2 atom stereocenters. The van der Waals surface area contributed by atoms with Gasteiger partial charge < -0.3 is 20.9 Å². The second-order valence-electron chi connectivity index (χ2n) is 13.0. The zero-order chi connectivity index (χ0) is 35.3. The number of nitrogens with one attached hydrogen (secondary N) is 1. The molecule has 0 fully saturated rings. The SMILES string of the molecule is CC/C=C\C/C=C\C/C=C\C/C=C\CCCCC(CCCCCCCC(=O)NC(CCCN)C(=O)O)OC(=O)CCCCCCCCC. The van der Waals surface area contributed by atoms with E-state index < -0.39 is 12.0 Å². The molecule has 1 amide bonds. The first kappa shape index (κ1) is 45.3. The molecule has 2 unspecified atom stereocenters. The molecule has 0 aromatic heterocycles. The van der Waals surface area contributed by atoms with Gasteiger partial charge in [-0.15, -0.1) is 0 Å². The number of rotatable bonds is 34. The van der Waals surface area contributed by atoms with E-state index in [-0.39, 0.29) is 18.0 Å². The van der Waals surface area contributed by atoms with Crippen LogP contribution in [0.15, 0.2) is 48.6 Å². The standard InChI is InChI=1S/C41H72N2O5/c1-3-5-7-9-11-12-13-14-15-16-17-18-20-22-26-31-37(48-40(45)35-29-25-19-10-8-6-4-2)32-27-23-21-24-28-34-39(44)43-38(41(46)47)33-30-36-42/h5,7,11-12,14-15,17-18,37-38H,3-4,6,8-10,13,16,19-36,42H2,1-2H3,(H,43,44)(H,46,47)/b7-5-,12-11-,15-14-,18-17-. The fraction of sp³-hybridized carbons (Fsp3) is 0.732. The zero-order valence-corrected chi connectivity index (χ0v) is 30.8. The molecule has 0 aliphatic rings. The fourth-order valence-electron chi connectivity index (χ4n) is 5.50. The van der Waals surface area contributed by atoms with Crippen LogP contribution in [0.5, 0.6) is 0 Å². The van der Waals surface area contributed by atoms with Crippen molar-refractivity contribution in [3.05, 3.63) is 48.6 Å². The quantitative estimate of drug-likeness (QED) is 0.0356. The van der Waals surface area contributed by atoms with Gasteiger partial charge in [0.15, 0.2) is 0 Å². The Morgan fingerprint density at radius 2 is 1.15 bits per heavy atom. The molecule has 0 bridgehead atoms. The predicted octanol–water partition coefficient (Wildman–Crippen LogP) is 10.4. The van der Waals surface area contributed by atoms with Crippen LogP contribution in [0.25, 0.3) is 0 Å². The molecule has 0 aliphatic heterocycles. The molecule has 7 nitrogen and oxygen atoms in total. The minimum atomic E-state index is -1.01. The van der Waals surface area contributed by atoms with Gasteiger partial charge in [-0.1, -0.05) is 120 Å². The van der Waals surface area contributed by atoms with Crippen LogP contribution in [0.3, 0.4) is 0 Å². The zero-order valence-electron chi connectivity index (χ0n) is 30.8. The van der Waals surface area contributed by atoms with E-state index >= 15 is 0 Å². The summed E-state index contributed by atoms with van der Waals surface area (Å²) in [5, 5.41) is 11.9. The summed E-state index contributed by atoms with van der Waals surface area (Å²) in [5.41, 5.74) is 5.47. The number of carboxylic acids is 1. The first-order valence-electron chi connectivity index (χ1n) is 19.5. The van der Waals surface area contributed by atoms with Gasteiger partial charge in [0, 0.05) is 12.8 Å². The Labute approximate surface area is 294 Å². The molecule has 276 valence electrons. The van der Waals surface area contributed by atoms with E-state index in [9.17, 15) is 19.5 Å². The van der Waals surface area contributed by atoms with E-state index in [0.29, 0.717) is 32.2 Å².